The zero-order chi connectivity index (χ0) is 19.8. The van der Waals surface area contributed by atoms with Crippen LogP contribution in [0.3, 0.4) is 0 Å². The molecule has 1 heterocycles. The molecule has 0 fully saturated rings. The van der Waals surface area contributed by atoms with Gasteiger partial charge in [0.15, 0.2) is 0 Å². The highest BCUT2D eigenvalue weighted by atomic mass is 19.4. The van der Waals surface area contributed by atoms with Crippen LogP contribution in [0, 0.1) is 11.2 Å². The van der Waals surface area contributed by atoms with E-state index in [9.17, 15) is 22.4 Å². The number of nitrogens with one attached hydrogen (secondary N) is 1. The molecule has 0 saturated heterocycles. The Morgan fingerprint density at radius 3 is 2.59 bits per heavy atom. The van der Waals surface area contributed by atoms with E-state index in [1.165, 1.54) is 12.1 Å². The van der Waals surface area contributed by atoms with E-state index in [-0.39, 0.29) is 11.2 Å². The number of carbonyl (C=O) groups excluding carboxylic acids is 1. The van der Waals surface area contributed by atoms with Crippen LogP contribution in [0.25, 0.3) is 5.69 Å². The molecule has 4 nitrogen and oxygen atoms in total. The molecule has 1 atom stereocenters. The normalized spacial score (nSPS) is 18.8. The first-order valence-corrected chi connectivity index (χ1v) is 8.73. The molecule has 1 aliphatic carbocycles. The molecule has 0 aliphatic heterocycles. The van der Waals surface area contributed by atoms with Crippen molar-refractivity contribution in [2.75, 3.05) is 0 Å². The number of aromatic nitrogens is 2. The second-order valence-corrected chi connectivity index (χ2v) is 7.72. The van der Waals surface area contributed by atoms with Crippen LogP contribution in [0.15, 0.2) is 30.5 Å². The van der Waals surface area contributed by atoms with Crippen molar-refractivity contribution < 1.29 is 22.4 Å². The predicted octanol–water partition coefficient (Wildman–Crippen LogP) is 4.48. The molecular formula is C19H21F4N3O. The standard InChI is InChI=1S/C19H21F4N3O/c1-18(2)9-15(25-17(27)7-8-19(21,22)23)14-11-24-26(16(14)10-18)13-5-3-12(20)4-6-13/h3-6,11,15H,7-10H2,1-2H3,(H,25,27)/t15-/m1/s1. The summed E-state index contributed by atoms with van der Waals surface area (Å²) in [5, 5.41) is 7.09. The van der Waals surface area contributed by atoms with E-state index < -0.39 is 31.0 Å². The van der Waals surface area contributed by atoms with Gasteiger partial charge < -0.3 is 5.32 Å². The first-order valence-electron chi connectivity index (χ1n) is 8.73. The van der Waals surface area contributed by atoms with Crippen LogP contribution in [0.4, 0.5) is 17.6 Å². The number of halogens is 4. The summed E-state index contributed by atoms with van der Waals surface area (Å²) >= 11 is 0. The van der Waals surface area contributed by atoms with Crippen molar-refractivity contribution in [2.24, 2.45) is 5.41 Å². The molecular weight excluding hydrogens is 362 g/mol. The van der Waals surface area contributed by atoms with Gasteiger partial charge in [-0.2, -0.15) is 18.3 Å². The fourth-order valence-electron chi connectivity index (χ4n) is 3.50. The Hall–Kier alpha value is -2.38. The van der Waals surface area contributed by atoms with Crippen LogP contribution < -0.4 is 5.32 Å². The topological polar surface area (TPSA) is 46.9 Å². The van der Waals surface area contributed by atoms with Gasteiger partial charge in [-0.05, 0) is 42.5 Å². The molecule has 1 aliphatic rings. The molecule has 1 aromatic heterocycles. The molecule has 1 amide bonds. The van der Waals surface area contributed by atoms with E-state index >= 15 is 0 Å². The summed E-state index contributed by atoms with van der Waals surface area (Å²) < 4.78 is 52.0. The lowest BCUT2D eigenvalue weighted by Gasteiger charge is -2.36. The maximum absolute atomic E-state index is 13.2. The van der Waals surface area contributed by atoms with E-state index in [1.807, 2.05) is 13.8 Å². The molecule has 0 radical (unpaired) electrons. The second-order valence-electron chi connectivity index (χ2n) is 7.72. The van der Waals surface area contributed by atoms with Gasteiger partial charge >= 0.3 is 6.18 Å². The average Bonchev–Trinajstić information content (AvgIpc) is 2.95. The molecule has 27 heavy (non-hydrogen) atoms. The van der Waals surface area contributed by atoms with Crippen LogP contribution in [-0.2, 0) is 11.2 Å². The number of rotatable bonds is 4. The minimum absolute atomic E-state index is 0.174. The zero-order valence-corrected chi connectivity index (χ0v) is 15.1. The Kier molecular flexibility index (Phi) is 5.01. The average molecular weight is 383 g/mol. The van der Waals surface area contributed by atoms with Crippen LogP contribution in [0.1, 0.15) is 50.4 Å². The van der Waals surface area contributed by atoms with Crippen LogP contribution in [0.2, 0.25) is 0 Å². The number of nitrogens with zero attached hydrogens (tertiary/aromatic N) is 2. The van der Waals surface area contributed by atoms with Gasteiger partial charge in [-0.3, -0.25) is 4.79 Å². The van der Waals surface area contributed by atoms with Gasteiger partial charge in [-0.1, -0.05) is 13.8 Å². The molecule has 146 valence electrons. The van der Waals surface area contributed by atoms with E-state index in [2.05, 4.69) is 10.4 Å². The fraction of sp³-hybridized carbons (Fsp3) is 0.474. The monoisotopic (exact) mass is 383 g/mol. The highest BCUT2D eigenvalue weighted by molar-refractivity contribution is 5.76. The minimum atomic E-state index is -4.36. The summed E-state index contributed by atoms with van der Waals surface area (Å²) in [7, 11) is 0. The van der Waals surface area contributed by atoms with Crippen molar-refractivity contribution in [2.45, 2.75) is 51.7 Å². The van der Waals surface area contributed by atoms with Gasteiger partial charge in [-0.15, -0.1) is 0 Å². The molecule has 0 saturated carbocycles. The molecule has 2 aromatic rings. The summed E-state index contributed by atoms with van der Waals surface area (Å²) in [6.45, 7) is 4.07. The van der Waals surface area contributed by atoms with E-state index in [0.717, 1.165) is 11.3 Å². The van der Waals surface area contributed by atoms with Crippen molar-refractivity contribution in [3.63, 3.8) is 0 Å². The lowest BCUT2D eigenvalue weighted by atomic mass is 9.74. The quantitative estimate of drug-likeness (QED) is 0.791. The second kappa shape index (κ2) is 6.98. The zero-order valence-electron chi connectivity index (χ0n) is 15.1. The summed E-state index contributed by atoms with van der Waals surface area (Å²) in [6.07, 6.45) is -3.18. The highest BCUT2D eigenvalue weighted by Crippen LogP contribution is 2.41. The Labute approximate surface area is 154 Å². The largest absolute Gasteiger partial charge is 0.389 e. The minimum Gasteiger partial charge on any atom is -0.349 e. The Bertz CT molecular complexity index is 824. The summed E-state index contributed by atoms with van der Waals surface area (Å²) in [5.41, 5.74) is 2.18. The maximum atomic E-state index is 13.2. The predicted molar refractivity (Wildman–Crippen MR) is 91.8 cm³/mol. The molecule has 0 unspecified atom stereocenters. The molecule has 1 aromatic carbocycles. The highest BCUT2D eigenvalue weighted by Gasteiger charge is 2.36. The summed E-state index contributed by atoms with van der Waals surface area (Å²) in [4.78, 5) is 12.0. The van der Waals surface area contributed by atoms with Crippen molar-refractivity contribution in [1.29, 1.82) is 0 Å². The Balaban J connectivity index is 1.85. The lowest BCUT2D eigenvalue weighted by Crippen LogP contribution is -2.37. The van der Waals surface area contributed by atoms with Gasteiger partial charge in [0.2, 0.25) is 5.91 Å². The molecule has 0 bridgehead atoms. The van der Waals surface area contributed by atoms with Crippen LogP contribution in [0.5, 0.6) is 0 Å². The SMILES string of the molecule is CC1(C)Cc2c(cnn2-c2ccc(F)cc2)[C@H](NC(=O)CCC(F)(F)F)C1. The number of hydrogen-bond donors (Lipinski definition) is 1. The first-order chi connectivity index (χ1) is 12.5. The number of benzene rings is 1. The fourth-order valence-corrected chi connectivity index (χ4v) is 3.50. The number of alkyl halides is 3. The number of carbonyl (C=O) groups is 1. The van der Waals surface area contributed by atoms with Gasteiger partial charge in [0.25, 0.3) is 0 Å². The van der Waals surface area contributed by atoms with Gasteiger partial charge in [0.05, 0.1) is 30.0 Å². The molecule has 3 rings (SSSR count). The van der Waals surface area contributed by atoms with Crippen LogP contribution in [-0.4, -0.2) is 21.9 Å². The van der Waals surface area contributed by atoms with E-state index in [1.54, 1.807) is 23.0 Å². The van der Waals surface area contributed by atoms with E-state index in [0.29, 0.717) is 18.5 Å². The smallest absolute Gasteiger partial charge is 0.349 e. The summed E-state index contributed by atoms with van der Waals surface area (Å²) in [6, 6.07) is 5.50. The molecule has 0 spiro atoms. The maximum Gasteiger partial charge on any atom is 0.389 e. The molecule has 1 N–H and O–H groups in total. The third-order valence-electron chi connectivity index (χ3n) is 4.72. The number of hydrogen-bond acceptors (Lipinski definition) is 2. The van der Waals surface area contributed by atoms with Crippen molar-refractivity contribution >= 4 is 5.91 Å². The third kappa shape index (κ3) is 4.67. The van der Waals surface area contributed by atoms with Gasteiger partial charge in [-0.25, -0.2) is 9.07 Å². The Morgan fingerprint density at radius 2 is 1.96 bits per heavy atom. The van der Waals surface area contributed by atoms with Crippen LogP contribution >= 0.6 is 0 Å². The number of amides is 1. The Morgan fingerprint density at radius 1 is 1.30 bits per heavy atom. The third-order valence-corrected chi connectivity index (χ3v) is 4.72. The van der Waals surface area contributed by atoms with Crippen molar-refractivity contribution in [3.8, 4) is 5.69 Å². The van der Waals surface area contributed by atoms with Gasteiger partial charge in [0, 0.05) is 12.0 Å². The molecule has 8 heteroatoms. The first kappa shape index (κ1) is 19.4. The lowest BCUT2D eigenvalue weighted by molar-refractivity contribution is -0.144. The van der Waals surface area contributed by atoms with Crippen molar-refractivity contribution in [1.82, 2.24) is 15.1 Å². The van der Waals surface area contributed by atoms with Crippen molar-refractivity contribution in [3.05, 3.63) is 47.5 Å². The summed E-state index contributed by atoms with van der Waals surface area (Å²) in [5.74, 6) is -0.981. The number of fused-ring (bicyclic) bond motifs is 1. The van der Waals surface area contributed by atoms with Gasteiger partial charge in [0.1, 0.15) is 5.82 Å². The van der Waals surface area contributed by atoms with E-state index in [4.69, 9.17) is 0 Å².